The number of carbonyl (C=O) groups is 1. The summed E-state index contributed by atoms with van der Waals surface area (Å²) in [6.07, 6.45) is 2.81. The minimum Gasteiger partial charge on any atom is -0.319 e. The number of hydrogen-bond acceptors (Lipinski definition) is 4. The first-order valence-corrected chi connectivity index (χ1v) is 12.7. The molecule has 1 aliphatic heterocycles. The van der Waals surface area contributed by atoms with Gasteiger partial charge in [-0.25, -0.2) is 8.42 Å². The van der Waals surface area contributed by atoms with Gasteiger partial charge in [0.05, 0.1) is 15.1 Å². The van der Waals surface area contributed by atoms with Gasteiger partial charge in [-0.1, -0.05) is 17.8 Å². The Morgan fingerprint density at radius 2 is 1.77 bits per heavy atom. The van der Waals surface area contributed by atoms with Gasteiger partial charge in [-0.15, -0.1) is 0 Å². The largest absolute Gasteiger partial charge is 0.319 e. The molecule has 2 heterocycles. The van der Waals surface area contributed by atoms with Crippen LogP contribution in [-0.4, -0.2) is 35.8 Å². The molecule has 1 fully saturated rings. The third kappa shape index (κ3) is 4.12. The molecule has 0 spiro atoms. The maximum atomic E-state index is 13.0. The van der Waals surface area contributed by atoms with Gasteiger partial charge in [-0.2, -0.15) is 9.30 Å². The van der Waals surface area contributed by atoms with Gasteiger partial charge in [-0.05, 0) is 81.1 Å². The summed E-state index contributed by atoms with van der Waals surface area (Å²) in [6, 6.07) is 10.3. The zero-order valence-corrected chi connectivity index (χ0v) is 19.9. The number of amides is 1. The predicted molar refractivity (Wildman–Crippen MR) is 124 cm³/mol. The van der Waals surface area contributed by atoms with E-state index in [2.05, 4.69) is 31.0 Å². The molecular weight excluding hydrogens is 430 g/mol. The van der Waals surface area contributed by atoms with Crippen LogP contribution in [0.4, 0.5) is 0 Å². The first-order valence-electron chi connectivity index (χ1n) is 10.5. The molecule has 0 N–H and O–H groups in total. The molecule has 0 saturated carbocycles. The fraction of sp³-hybridized carbons (Fsp3) is 0.391. The summed E-state index contributed by atoms with van der Waals surface area (Å²) in [5, 5.41) is 0. The number of rotatable bonds is 3. The van der Waals surface area contributed by atoms with Crippen molar-refractivity contribution in [2.45, 2.75) is 51.0 Å². The number of aromatic nitrogens is 1. The van der Waals surface area contributed by atoms with Crippen LogP contribution < -0.4 is 4.80 Å². The van der Waals surface area contributed by atoms with E-state index in [9.17, 15) is 13.2 Å². The SMILES string of the molecule is Cc1cc2sc(=NC(=O)c3ccc(S(=O)(=O)N4CCCCC4C)cc3)n(C)c2cc1C. The highest BCUT2D eigenvalue weighted by Crippen LogP contribution is 2.25. The lowest BCUT2D eigenvalue weighted by Crippen LogP contribution is -2.41. The molecule has 1 amide bonds. The fourth-order valence-corrected chi connectivity index (χ4v) is 6.77. The molecule has 2 aromatic carbocycles. The normalized spacial score (nSPS) is 18.6. The van der Waals surface area contributed by atoms with E-state index in [4.69, 9.17) is 0 Å². The van der Waals surface area contributed by atoms with Crippen molar-refractivity contribution >= 4 is 37.5 Å². The van der Waals surface area contributed by atoms with E-state index in [1.807, 2.05) is 18.5 Å². The molecule has 1 aliphatic rings. The highest BCUT2D eigenvalue weighted by Gasteiger charge is 2.30. The Morgan fingerprint density at radius 3 is 2.45 bits per heavy atom. The maximum absolute atomic E-state index is 13.0. The van der Waals surface area contributed by atoms with Crippen molar-refractivity contribution in [3.8, 4) is 0 Å². The first-order chi connectivity index (χ1) is 14.7. The average molecular weight is 458 g/mol. The van der Waals surface area contributed by atoms with Gasteiger partial charge in [0.15, 0.2) is 4.80 Å². The summed E-state index contributed by atoms with van der Waals surface area (Å²) in [5.41, 5.74) is 3.80. The highest BCUT2D eigenvalue weighted by atomic mass is 32.2. The summed E-state index contributed by atoms with van der Waals surface area (Å²) in [7, 11) is -1.66. The van der Waals surface area contributed by atoms with Gasteiger partial charge in [-0.3, -0.25) is 4.79 Å². The van der Waals surface area contributed by atoms with E-state index >= 15 is 0 Å². The van der Waals surface area contributed by atoms with Gasteiger partial charge < -0.3 is 4.57 Å². The van der Waals surface area contributed by atoms with Crippen molar-refractivity contribution in [1.29, 1.82) is 0 Å². The Morgan fingerprint density at radius 1 is 1.10 bits per heavy atom. The minimum absolute atomic E-state index is 0.00436. The lowest BCUT2D eigenvalue weighted by Gasteiger charge is -2.32. The molecule has 1 atom stereocenters. The Balaban J connectivity index is 1.63. The number of aryl methyl sites for hydroxylation is 3. The molecule has 1 unspecified atom stereocenters. The topological polar surface area (TPSA) is 71.7 Å². The average Bonchev–Trinajstić information content (AvgIpc) is 3.03. The van der Waals surface area contributed by atoms with Crippen molar-refractivity contribution in [2.75, 3.05) is 6.54 Å². The third-order valence-corrected chi connectivity index (χ3v) is 9.19. The van der Waals surface area contributed by atoms with E-state index in [0.29, 0.717) is 16.9 Å². The van der Waals surface area contributed by atoms with E-state index < -0.39 is 10.0 Å². The van der Waals surface area contributed by atoms with Crippen LogP contribution in [0.15, 0.2) is 46.3 Å². The second kappa shape index (κ2) is 8.33. The summed E-state index contributed by atoms with van der Waals surface area (Å²) < 4.78 is 30.5. The molecule has 0 bridgehead atoms. The second-order valence-electron chi connectivity index (χ2n) is 8.25. The van der Waals surface area contributed by atoms with Gasteiger partial charge in [0.2, 0.25) is 10.0 Å². The standard InChI is InChI=1S/C23H27N3O3S2/c1-15-13-20-21(14-16(15)2)30-23(25(20)4)24-22(27)18-8-10-19(11-9-18)31(28,29)26-12-6-5-7-17(26)3/h8-11,13-14,17H,5-7,12H2,1-4H3. The summed E-state index contributed by atoms with van der Waals surface area (Å²) in [5.74, 6) is -0.383. The molecule has 164 valence electrons. The van der Waals surface area contributed by atoms with Crippen LogP contribution in [0.5, 0.6) is 0 Å². The molecular formula is C23H27N3O3S2. The second-order valence-corrected chi connectivity index (χ2v) is 11.1. The van der Waals surface area contributed by atoms with E-state index in [1.165, 1.54) is 34.6 Å². The number of piperidine rings is 1. The number of hydrogen-bond donors (Lipinski definition) is 0. The van der Waals surface area contributed by atoms with Crippen LogP contribution in [-0.2, 0) is 17.1 Å². The smallest absolute Gasteiger partial charge is 0.279 e. The number of nitrogens with zero attached hydrogens (tertiary/aromatic N) is 3. The Labute approximate surface area is 186 Å². The van der Waals surface area contributed by atoms with Crippen molar-refractivity contribution in [3.63, 3.8) is 0 Å². The Bertz CT molecular complexity index is 1320. The van der Waals surface area contributed by atoms with Gasteiger partial charge >= 0.3 is 0 Å². The van der Waals surface area contributed by atoms with Crippen molar-refractivity contribution < 1.29 is 13.2 Å². The van der Waals surface area contributed by atoms with Crippen LogP contribution in [0, 0.1) is 13.8 Å². The number of carbonyl (C=O) groups excluding carboxylic acids is 1. The van der Waals surface area contributed by atoms with Crippen molar-refractivity contribution in [3.05, 3.63) is 57.9 Å². The van der Waals surface area contributed by atoms with Gasteiger partial charge in [0.1, 0.15) is 0 Å². The van der Waals surface area contributed by atoms with Crippen molar-refractivity contribution in [2.24, 2.45) is 12.0 Å². The molecule has 6 nitrogen and oxygen atoms in total. The fourth-order valence-electron chi connectivity index (χ4n) is 3.97. The van der Waals surface area contributed by atoms with Gasteiger partial charge in [0.25, 0.3) is 5.91 Å². The minimum atomic E-state index is -3.56. The Hall–Kier alpha value is -2.29. The molecule has 1 aromatic heterocycles. The third-order valence-electron chi connectivity index (χ3n) is 6.07. The first kappa shape index (κ1) is 21.9. The van der Waals surface area contributed by atoms with Crippen LogP contribution in [0.3, 0.4) is 0 Å². The molecule has 4 rings (SSSR count). The molecule has 1 saturated heterocycles. The number of benzene rings is 2. The maximum Gasteiger partial charge on any atom is 0.279 e. The number of sulfonamides is 1. The summed E-state index contributed by atoms with van der Waals surface area (Å²) in [4.78, 5) is 17.9. The van der Waals surface area contributed by atoms with Crippen LogP contribution in [0.1, 0.15) is 47.7 Å². The zero-order valence-electron chi connectivity index (χ0n) is 18.3. The number of thiazole rings is 1. The molecule has 31 heavy (non-hydrogen) atoms. The Kier molecular flexibility index (Phi) is 5.89. The number of fused-ring (bicyclic) bond motifs is 1. The summed E-state index contributed by atoms with van der Waals surface area (Å²) >= 11 is 1.47. The van der Waals surface area contributed by atoms with E-state index in [0.717, 1.165) is 29.5 Å². The molecule has 3 aromatic rings. The molecule has 0 radical (unpaired) electrons. The molecule has 8 heteroatoms. The van der Waals surface area contributed by atoms with E-state index in [-0.39, 0.29) is 16.8 Å². The predicted octanol–water partition coefficient (Wildman–Crippen LogP) is 4.16. The van der Waals surface area contributed by atoms with Crippen LogP contribution in [0.2, 0.25) is 0 Å². The zero-order chi connectivity index (χ0) is 22.3. The lowest BCUT2D eigenvalue weighted by atomic mass is 10.1. The van der Waals surface area contributed by atoms with Crippen LogP contribution >= 0.6 is 11.3 Å². The van der Waals surface area contributed by atoms with Crippen LogP contribution in [0.25, 0.3) is 10.2 Å². The quantitative estimate of drug-likeness (QED) is 0.593. The highest BCUT2D eigenvalue weighted by molar-refractivity contribution is 7.89. The summed E-state index contributed by atoms with van der Waals surface area (Å²) in [6.45, 7) is 6.62. The van der Waals surface area contributed by atoms with Gasteiger partial charge in [0, 0.05) is 25.2 Å². The van der Waals surface area contributed by atoms with E-state index in [1.54, 1.807) is 16.4 Å². The molecule has 0 aliphatic carbocycles. The van der Waals surface area contributed by atoms with Crippen molar-refractivity contribution in [1.82, 2.24) is 8.87 Å². The lowest BCUT2D eigenvalue weighted by molar-refractivity contribution is 0.0998. The monoisotopic (exact) mass is 457 g/mol.